The Bertz CT molecular complexity index is 849. The fourth-order valence-electron chi connectivity index (χ4n) is 4.47. The van der Waals surface area contributed by atoms with Gasteiger partial charge in [-0.25, -0.2) is 4.99 Å². The topological polar surface area (TPSA) is 63.5 Å². The van der Waals surface area contributed by atoms with E-state index in [-0.39, 0.29) is 5.41 Å². The van der Waals surface area contributed by atoms with Crippen LogP contribution in [-0.4, -0.2) is 35.9 Å². The molecule has 0 bridgehead atoms. The van der Waals surface area contributed by atoms with Crippen molar-refractivity contribution < 1.29 is 4.74 Å². The van der Waals surface area contributed by atoms with Crippen molar-refractivity contribution in [3.63, 3.8) is 0 Å². The van der Waals surface area contributed by atoms with Gasteiger partial charge < -0.3 is 15.4 Å². The van der Waals surface area contributed by atoms with Gasteiger partial charge >= 0.3 is 0 Å². The largest absolute Gasteiger partial charge is 0.496 e. The van der Waals surface area contributed by atoms with E-state index in [1.165, 1.54) is 42.5 Å². The smallest absolute Gasteiger partial charge is 0.191 e. The molecule has 1 aromatic carbocycles. The van der Waals surface area contributed by atoms with Gasteiger partial charge in [-0.2, -0.15) is 5.10 Å². The number of hydrogen-bond donors (Lipinski definition) is 2. The van der Waals surface area contributed by atoms with Crippen molar-refractivity contribution in [1.29, 1.82) is 0 Å². The number of aliphatic imine (C=N–C) groups is 1. The maximum absolute atomic E-state index is 5.69. The van der Waals surface area contributed by atoms with Crippen LogP contribution < -0.4 is 15.4 Å². The van der Waals surface area contributed by atoms with E-state index >= 15 is 0 Å². The number of aromatic nitrogens is 2. The first kappa shape index (κ1) is 21.2. The molecular formula is C23H35N5O. The number of aryl methyl sites for hydroxylation is 2. The number of hydrogen-bond acceptors (Lipinski definition) is 3. The predicted octanol–water partition coefficient (Wildman–Crippen LogP) is 3.61. The molecule has 2 aromatic rings. The van der Waals surface area contributed by atoms with E-state index in [0.717, 1.165) is 30.5 Å². The van der Waals surface area contributed by atoms with Crippen molar-refractivity contribution in [1.82, 2.24) is 20.4 Å². The molecule has 0 unspecified atom stereocenters. The maximum atomic E-state index is 5.69. The summed E-state index contributed by atoms with van der Waals surface area (Å²) < 4.78 is 7.61. The minimum absolute atomic E-state index is 0.0862. The predicted molar refractivity (Wildman–Crippen MR) is 119 cm³/mol. The standard InChI is InChI=1S/C23H35N5O/c1-6-24-22(25-15-19-17(2)27-28(4)18(19)3)26-16-23(13-9-10-14-23)20-11-7-8-12-21(20)29-5/h7-8,11-12H,6,9-10,13-16H2,1-5H3,(H2,24,25,26). The van der Waals surface area contributed by atoms with Crippen molar-refractivity contribution >= 4 is 5.96 Å². The average molecular weight is 398 g/mol. The molecule has 1 saturated carbocycles. The first-order chi connectivity index (χ1) is 14.0. The minimum atomic E-state index is 0.0862. The van der Waals surface area contributed by atoms with Gasteiger partial charge in [0.05, 0.1) is 19.3 Å². The molecule has 0 radical (unpaired) electrons. The van der Waals surface area contributed by atoms with Crippen LogP contribution in [0.3, 0.4) is 0 Å². The summed E-state index contributed by atoms with van der Waals surface area (Å²) in [6.07, 6.45) is 4.84. The first-order valence-corrected chi connectivity index (χ1v) is 10.7. The van der Waals surface area contributed by atoms with Crippen LogP contribution in [0.4, 0.5) is 0 Å². The number of methoxy groups -OCH3 is 1. The molecule has 29 heavy (non-hydrogen) atoms. The van der Waals surface area contributed by atoms with Crippen molar-refractivity contribution in [3.05, 3.63) is 46.8 Å². The minimum Gasteiger partial charge on any atom is -0.496 e. The molecule has 0 atom stereocenters. The van der Waals surface area contributed by atoms with Crippen LogP contribution in [-0.2, 0) is 19.0 Å². The van der Waals surface area contributed by atoms with Crippen LogP contribution in [0.1, 0.15) is 55.1 Å². The molecule has 0 spiro atoms. The molecule has 158 valence electrons. The Morgan fingerprint density at radius 2 is 1.93 bits per heavy atom. The Hall–Kier alpha value is -2.50. The van der Waals surface area contributed by atoms with E-state index in [1.807, 2.05) is 24.7 Å². The monoisotopic (exact) mass is 397 g/mol. The summed E-state index contributed by atoms with van der Waals surface area (Å²) in [6, 6.07) is 8.45. The highest BCUT2D eigenvalue weighted by molar-refractivity contribution is 5.80. The van der Waals surface area contributed by atoms with Crippen LogP contribution in [0.25, 0.3) is 0 Å². The zero-order chi connectivity index (χ0) is 20.9. The number of nitrogens with zero attached hydrogens (tertiary/aromatic N) is 3. The summed E-state index contributed by atoms with van der Waals surface area (Å²) in [5.41, 5.74) is 4.81. The van der Waals surface area contributed by atoms with Gasteiger partial charge in [-0.3, -0.25) is 4.68 Å². The Kier molecular flexibility index (Phi) is 6.83. The molecule has 1 aliphatic rings. The van der Waals surface area contributed by atoms with Crippen molar-refractivity contribution in [2.45, 2.75) is 58.4 Å². The quantitative estimate of drug-likeness (QED) is 0.553. The second kappa shape index (κ2) is 9.33. The maximum Gasteiger partial charge on any atom is 0.191 e. The van der Waals surface area contributed by atoms with Gasteiger partial charge in [0.25, 0.3) is 0 Å². The molecule has 1 fully saturated rings. The van der Waals surface area contributed by atoms with Crippen molar-refractivity contribution in [2.24, 2.45) is 12.0 Å². The zero-order valence-electron chi connectivity index (χ0n) is 18.5. The number of guanidine groups is 1. The molecular weight excluding hydrogens is 362 g/mol. The number of nitrogens with one attached hydrogen (secondary N) is 2. The molecule has 1 aliphatic carbocycles. The number of para-hydroxylation sites is 1. The van der Waals surface area contributed by atoms with Gasteiger partial charge in [0.2, 0.25) is 0 Å². The molecule has 6 nitrogen and oxygen atoms in total. The highest BCUT2D eigenvalue weighted by atomic mass is 16.5. The molecule has 3 rings (SSSR count). The second-order valence-corrected chi connectivity index (χ2v) is 8.01. The second-order valence-electron chi connectivity index (χ2n) is 8.01. The highest BCUT2D eigenvalue weighted by Crippen LogP contribution is 2.44. The number of rotatable bonds is 7. The summed E-state index contributed by atoms with van der Waals surface area (Å²) >= 11 is 0. The summed E-state index contributed by atoms with van der Waals surface area (Å²) in [5, 5.41) is 11.5. The van der Waals surface area contributed by atoms with Crippen LogP contribution in [0.15, 0.2) is 29.3 Å². The Labute approximate surface area is 174 Å². The number of ether oxygens (including phenoxy) is 1. The van der Waals surface area contributed by atoms with E-state index in [0.29, 0.717) is 6.54 Å². The summed E-state index contributed by atoms with van der Waals surface area (Å²) in [5.74, 6) is 1.84. The van der Waals surface area contributed by atoms with Gasteiger partial charge in [-0.1, -0.05) is 31.0 Å². The van der Waals surface area contributed by atoms with E-state index < -0.39 is 0 Å². The van der Waals surface area contributed by atoms with Crippen molar-refractivity contribution in [2.75, 3.05) is 20.2 Å². The summed E-state index contributed by atoms with van der Waals surface area (Å²) in [7, 11) is 3.75. The molecule has 6 heteroatoms. The fourth-order valence-corrected chi connectivity index (χ4v) is 4.47. The molecule has 1 aromatic heterocycles. The molecule has 2 N–H and O–H groups in total. The summed E-state index contributed by atoms with van der Waals surface area (Å²) in [6.45, 7) is 8.56. The number of benzene rings is 1. The van der Waals surface area contributed by atoms with E-state index in [4.69, 9.17) is 9.73 Å². The van der Waals surface area contributed by atoms with Gasteiger partial charge in [0.1, 0.15) is 5.75 Å². The third-order valence-corrected chi connectivity index (χ3v) is 6.23. The van der Waals surface area contributed by atoms with Crippen LogP contribution in [0.2, 0.25) is 0 Å². The van der Waals surface area contributed by atoms with Crippen LogP contribution in [0, 0.1) is 13.8 Å². The van der Waals surface area contributed by atoms with Gasteiger partial charge in [0.15, 0.2) is 5.96 Å². The lowest BCUT2D eigenvalue weighted by atomic mass is 9.78. The molecule has 0 aliphatic heterocycles. The summed E-state index contributed by atoms with van der Waals surface area (Å²) in [4.78, 5) is 4.86. The van der Waals surface area contributed by atoms with Gasteiger partial charge in [-0.15, -0.1) is 0 Å². The van der Waals surface area contributed by atoms with E-state index in [1.54, 1.807) is 7.11 Å². The lowest BCUT2D eigenvalue weighted by molar-refractivity contribution is 0.371. The highest BCUT2D eigenvalue weighted by Gasteiger charge is 2.37. The fraction of sp³-hybridized carbons (Fsp3) is 0.565. The zero-order valence-corrected chi connectivity index (χ0v) is 18.5. The molecule has 0 amide bonds. The normalized spacial score (nSPS) is 16.1. The molecule has 1 heterocycles. The molecule has 0 saturated heterocycles. The lowest BCUT2D eigenvalue weighted by Crippen LogP contribution is -2.44. The third-order valence-electron chi connectivity index (χ3n) is 6.23. The first-order valence-electron chi connectivity index (χ1n) is 10.7. The average Bonchev–Trinajstić information content (AvgIpc) is 3.30. The third kappa shape index (κ3) is 4.57. The Balaban J connectivity index is 1.79. The van der Waals surface area contributed by atoms with Crippen LogP contribution in [0.5, 0.6) is 5.75 Å². The van der Waals surface area contributed by atoms with E-state index in [9.17, 15) is 0 Å². The van der Waals surface area contributed by atoms with E-state index in [2.05, 4.69) is 47.8 Å². The Morgan fingerprint density at radius 3 is 2.55 bits per heavy atom. The Morgan fingerprint density at radius 1 is 1.21 bits per heavy atom. The van der Waals surface area contributed by atoms with Crippen LogP contribution >= 0.6 is 0 Å². The SMILES string of the molecule is CCNC(=NCc1c(C)nn(C)c1C)NCC1(c2ccccc2OC)CCCC1. The lowest BCUT2D eigenvalue weighted by Gasteiger charge is -2.32. The van der Waals surface area contributed by atoms with Gasteiger partial charge in [-0.05, 0) is 39.7 Å². The van der Waals surface area contributed by atoms with Gasteiger partial charge in [0, 0.05) is 42.4 Å². The van der Waals surface area contributed by atoms with Crippen molar-refractivity contribution in [3.8, 4) is 5.75 Å².